The van der Waals surface area contributed by atoms with E-state index in [4.69, 9.17) is 28.9 Å². The van der Waals surface area contributed by atoms with Crippen LogP contribution in [0.2, 0.25) is 10.0 Å². The van der Waals surface area contributed by atoms with E-state index in [0.29, 0.717) is 38.7 Å². The van der Waals surface area contributed by atoms with Gasteiger partial charge in [0.05, 0.1) is 10.6 Å². The van der Waals surface area contributed by atoms with Gasteiger partial charge in [-0.3, -0.25) is 9.59 Å². The number of carbonyl (C=O) groups is 2. The first-order valence-corrected chi connectivity index (χ1v) is 8.89. The molecule has 1 atom stereocenters. The van der Waals surface area contributed by atoms with Crippen LogP contribution in [-0.2, 0) is 4.79 Å². The fourth-order valence-electron chi connectivity index (χ4n) is 2.60. The normalized spacial score (nSPS) is 11.7. The van der Waals surface area contributed by atoms with Crippen molar-refractivity contribution in [2.75, 3.05) is 11.1 Å². The molecule has 0 fully saturated rings. The second kappa shape index (κ2) is 8.39. The molecular formula is C20H15Cl2N3O3. The summed E-state index contributed by atoms with van der Waals surface area (Å²) in [5, 5.41) is 13.6. The Kier molecular flexibility index (Phi) is 5.94. The van der Waals surface area contributed by atoms with E-state index in [1.54, 1.807) is 36.4 Å². The number of benzene rings is 2. The van der Waals surface area contributed by atoms with Crippen LogP contribution in [0.4, 0.5) is 11.5 Å². The number of aromatic nitrogens is 1. The Morgan fingerprint density at radius 2 is 1.96 bits per heavy atom. The highest BCUT2D eigenvalue weighted by Crippen LogP contribution is 2.31. The summed E-state index contributed by atoms with van der Waals surface area (Å²) in [4.78, 5) is 27.3. The number of carbonyl (C=O) groups excluding carboxylic acids is 2. The lowest BCUT2D eigenvalue weighted by Crippen LogP contribution is -2.20. The first kappa shape index (κ1) is 19.8. The average molecular weight is 416 g/mol. The van der Waals surface area contributed by atoms with Crippen LogP contribution in [0.5, 0.6) is 0 Å². The first-order valence-electron chi connectivity index (χ1n) is 8.14. The molecule has 8 heteroatoms. The Hall–Kier alpha value is -2.93. The lowest BCUT2D eigenvalue weighted by Gasteiger charge is -2.13. The molecular weight excluding hydrogens is 401 g/mol. The summed E-state index contributed by atoms with van der Waals surface area (Å²) in [5.41, 5.74) is 7.89. The maximum atomic E-state index is 12.3. The van der Waals surface area contributed by atoms with Crippen LogP contribution in [-0.4, -0.2) is 22.3 Å². The van der Waals surface area contributed by atoms with Crippen molar-refractivity contribution >= 4 is 46.9 Å². The first-order chi connectivity index (χ1) is 13.4. The SMILES string of the molecule is Nc1ncc(-c2ccc(NC(=O)C(O)c3cccc(Cl)c3)cc2Cl)cc1C=O. The number of halogens is 2. The number of pyridine rings is 1. The molecule has 1 amide bonds. The van der Waals surface area contributed by atoms with Gasteiger partial charge in [-0.2, -0.15) is 0 Å². The van der Waals surface area contributed by atoms with Crippen LogP contribution >= 0.6 is 23.2 Å². The molecule has 6 nitrogen and oxygen atoms in total. The molecule has 0 saturated heterocycles. The molecule has 3 aromatic rings. The summed E-state index contributed by atoms with van der Waals surface area (Å²) in [6, 6.07) is 12.8. The van der Waals surface area contributed by atoms with Crippen LogP contribution in [0.15, 0.2) is 54.7 Å². The minimum atomic E-state index is -1.38. The third kappa shape index (κ3) is 4.31. The van der Waals surface area contributed by atoms with E-state index in [2.05, 4.69) is 10.3 Å². The molecule has 1 aromatic heterocycles. The second-order valence-corrected chi connectivity index (χ2v) is 6.80. The zero-order chi connectivity index (χ0) is 20.3. The molecule has 0 aliphatic heterocycles. The number of rotatable bonds is 5. The third-order valence-corrected chi connectivity index (χ3v) is 4.58. The van der Waals surface area contributed by atoms with Gasteiger partial charge in [-0.1, -0.05) is 41.4 Å². The van der Waals surface area contributed by atoms with Crippen molar-refractivity contribution in [3.05, 3.63) is 75.9 Å². The van der Waals surface area contributed by atoms with Crippen LogP contribution < -0.4 is 11.1 Å². The summed E-state index contributed by atoms with van der Waals surface area (Å²) >= 11 is 12.2. The maximum Gasteiger partial charge on any atom is 0.257 e. The van der Waals surface area contributed by atoms with Crippen molar-refractivity contribution in [1.29, 1.82) is 0 Å². The van der Waals surface area contributed by atoms with Gasteiger partial charge in [0.2, 0.25) is 0 Å². The van der Waals surface area contributed by atoms with Crippen LogP contribution in [0.1, 0.15) is 22.0 Å². The Morgan fingerprint density at radius 1 is 1.18 bits per heavy atom. The maximum absolute atomic E-state index is 12.3. The molecule has 0 saturated carbocycles. The summed E-state index contributed by atoms with van der Waals surface area (Å²) in [7, 11) is 0. The van der Waals surface area contributed by atoms with Gasteiger partial charge in [0.1, 0.15) is 5.82 Å². The van der Waals surface area contributed by atoms with Gasteiger partial charge in [0, 0.05) is 28.0 Å². The number of anilines is 2. The lowest BCUT2D eigenvalue weighted by molar-refractivity contribution is -0.124. The highest BCUT2D eigenvalue weighted by molar-refractivity contribution is 6.33. The molecule has 0 radical (unpaired) electrons. The lowest BCUT2D eigenvalue weighted by atomic mass is 10.0. The quantitative estimate of drug-likeness (QED) is 0.543. The van der Waals surface area contributed by atoms with Crippen molar-refractivity contribution in [1.82, 2.24) is 4.98 Å². The van der Waals surface area contributed by atoms with Crippen molar-refractivity contribution < 1.29 is 14.7 Å². The van der Waals surface area contributed by atoms with Crippen molar-refractivity contribution in [3.63, 3.8) is 0 Å². The number of hydrogen-bond donors (Lipinski definition) is 3. The topological polar surface area (TPSA) is 105 Å². The summed E-state index contributed by atoms with van der Waals surface area (Å²) < 4.78 is 0. The van der Waals surface area contributed by atoms with E-state index in [1.807, 2.05) is 0 Å². The smallest absolute Gasteiger partial charge is 0.257 e. The number of amides is 1. The van der Waals surface area contributed by atoms with Gasteiger partial charge in [-0.25, -0.2) is 4.98 Å². The molecule has 2 aromatic carbocycles. The van der Waals surface area contributed by atoms with Gasteiger partial charge in [-0.05, 0) is 35.9 Å². The van der Waals surface area contributed by atoms with E-state index in [-0.39, 0.29) is 11.4 Å². The van der Waals surface area contributed by atoms with Gasteiger partial charge < -0.3 is 16.2 Å². The molecule has 0 aliphatic rings. The number of nitrogen functional groups attached to an aromatic ring is 1. The van der Waals surface area contributed by atoms with Gasteiger partial charge in [-0.15, -0.1) is 0 Å². The molecule has 28 heavy (non-hydrogen) atoms. The minimum Gasteiger partial charge on any atom is -0.383 e. The number of nitrogens with two attached hydrogens (primary N) is 1. The van der Waals surface area contributed by atoms with E-state index >= 15 is 0 Å². The van der Waals surface area contributed by atoms with E-state index in [1.165, 1.54) is 18.3 Å². The molecule has 1 unspecified atom stereocenters. The fourth-order valence-corrected chi connectivity index (χ4v) is 3.09. The molecule has 1 heterocycles. The Balaban J connectivity index is 1.80. The molecule has 142 valence electrons. The number of nitrogens with zero attached hydrogens (tertiary/aromatic N) is 1. The number of aliphatic hydroxyl groups is 1. The third-order valence-electron chi connectivity index (χ3n) is 4.04. The van der Waals surface area contributed by atoms with E-state index in [0.717, 1.165) is 0 Å². The highest BCUT2D eigenvalue weighted by atomic mass is 35.5. The zero-order valence-corrected chi connectivity index (χ0v) is 15.9. The standard InChI is InChI=1S/C20H15Cl2N3O3/c21-14-3-1-2-11(7-14)18(27)20(28)25-15-4-5-16(17(22)8-15)12-6-13(10-26)19(23)24-9-12/h1-10,18,27H,(H2,23,24)(H,25,28). The molecule has 0 aliphatic carbocycles. The second-order valence-electron chi connectivity index (χ2n) is 5.96. The van der Waals surface area contributed by atoms with Crippen LogP contribution in [0.25, 0.3) is 11.1 Å². The molecule has 0 spiro atoms. The summed E-state index contributed by atoms with van der Waals surface area (Å²) in [5.74, 6) is -0.489. The van der Waals surface area contributed by atoms with Crippen LogP contribution in [0, 0.1) is 0 Å². The Labute approximate surface area is 170 Å². The van der Waals surface area contributed by atoms with Crippen molar-refractivity contribution in [2.45, 2.75) is 6.10 Å². The summed E-state index contributed by atoms with van der Waals surface area (Å²) in [6.07, 6.45) is 0.740. The van der Waals surface area contributed by atoms with E-state index < -0.39 is 12.0 Å². The molecule has 4 N–H and O–H groups in total. The summed E-state index contributed by atoms with van der Waals surface area (Å²) in [6.45, 7) is 0. The number of aldehydes is 1. The van der Waals surface area contributed by atoms with Crippen molar-refractivity contribution in [2.24, 2.45) is 0 Å². The predicted molar refractivity (Wildman–Crippen MR) is 110 cm³/mol. The number of nitrogens with one attached hydrogen (secondary N) is 1. The van der Waals surface area contributed by atoms with E-state index in [9.17, 15) is 14.7 Å². The molecule has 3 rings (SSSR count). The Morgan fingerprint density at radius 3 is 2.64 bits per heavy atom. The monoisotopic (exact) mass is 415 g/mol. The number of aliphatic hydroxyl groups excluding tert-OH is 1. The fraction of sp³-hybridized carbons (Fsp3) is 0.0500. The average Bonchev–Trinajstić information content (AvgIpc) is 2.68. The van der Waals surface area contributed by atoms with Crippen molar-refractivity contribution in [3.8, 4) is 11.1 Å². The van der Waals surface area contributed by atoms with Gasteiger partial charge in [0.25, 0.3) is 5.91 Å². The molecule has 0 bridgehead atoms. The van der Waals surface area contributed by atoms with Gasteiger partial charge >= 0.3 is 0 Å². The Bertz CT molecular complexity index is 1060. The van der Waals surface area contributed by atoms with Crippen LogP contribution in [0.3, 0.4) is 0 Å². The number of hydrogen-bond acceptors (Lipinski definition) is 5. The zero-order valence-electron chi connectivity index (χ0n) is 14.4. The minimum absolute atomic E-state index is 0.133. The predicted octanol–water partition coefficient (Wildman–Crippen LogP) is 4.12. The highest BCUT2D eigenvalue weighted by Gasteiger charge is 2.18. The van der Waals surface area contributed by atoms with Gasteiger partial charge in [0.15, 0.2) is 12.4 Å². The largest absolute Gasteiger partial charge is 0.383 e.